The molecule has 5 nitrogen and oxygen atoms in total. The van der Waals surface area contributed by atoms with Crippen LogP contribution in [0.1, 0.15) is 19.3 Å². The topological polar surface area (TPSA) is 65.1 Å². The summed E-state index contributed by atoms with van der Waals surface area (Å²) in [4.78, 5) is 20.8. The standard InChI is InChI=1S/C10H14O5/c11-6-13-5-10(12)14-4-7-1-2-8-9(3-7)15-8/h6-9H,1-5H2. The summed E-state index contributed by atoms with van der Waals surface area (Å²) in [5.74, 6) is -0.0881. The fourth-order valence-corrected chi connectivity index (χ4v) is 1.99. The van der Waals surface area contributed by atoms with E-state index >= 15 is 0 Å². The maximum Gasteiger partial charge on any atom is 0.344 e. The lowest BCUT2D eigenvalue weighted by Gasteiger charge is -2.18. The number of carbonyl (C=O) groups is 2. The highest BCUT2D eigenvalue weighted by Gasteiger charge is 2.43. The van der Waals surface area contributed by atoms with Crippen LogP contribution in [-0.2, 0) is 23.8 Å². The van der Waals surface area contributed by atoms with Gasteiger partial charge in [-0.05, 0) is 25.2 Å². The summed E-state index contributed by atoms with van der Waals surface area (Å²) in [6.07, 6.45) is 3.96. The molecule has 5 heteroatoms. The van der Waals surface area contributed by atoms with Crippen molar-refractivity contribution < 1.29 is 23.8 Å². The number of ether oxygens (including phenoxy) is 3. The Morgan fingerprint density at radius 3 is 3.00 bits per heavy atom. The highest BCUT2D eigenvalue weighted by Crippen LogP contribution is 2.39. The number of carbonyl (C=O) groups excluding carboxylic acids is 2. The summed E-state index contributed by atoms with van der Waals surface area (Å²) < 4.78 is 14.6. The van der Waals surface area contributed by atoms with E-state index in [0.29, 0.717) is 24.7 Å². The summed E-state index contributed by atoms with van der Waals surface area (Å²) in [5, 5.41) is 0. The van der Waals surface area contributed by atoms with E-state index in [0.717, 1.165) is 19.3 Å². The quantitative estimate of drug-likeness (QED) is 0.373. The maximum atomic E-state index is 11.0. The molecule has 0 amide bonds. The molecule has 0 aromatic heterocycles. The van der Waals surface area contributed by atoms with Crippen molar-refractivity contribution in [2.75, 3.05) is 13.2 Å². The first kappa shape index (κ1) is 10.4. The summed E-state index contributed by atoms with van der Waals surface area (Å²) in [6, 6.07) is 0. The first-order valence-corrected chi connectivity index (χ1v) is 5.16. The Kier molecular flexibility index (Phi) is 3.20. The zero-order valence-corrected chi connectivity index (χ0v) is 8.39. The molecule has 0 aromatic carbocycles. The van der Waals surface area contributed by atoms with Crippen molar-refractivity contribution in [3.8, 4) is 0 Å². The molecule has 0 spiro atoms. The van der Waals surface area contributed by atoms with Crippen LogP contribution in [0.15, 0.2) is 0 Å². The lowest BCUT2D eigenvalue weighted by Crippen LogP contribution is -2.22. The minimum atomic E-state index is -0.485. The molecule has 1 saturated heterocycles. The lowest BCUT2D eigenvalue weighted by atomic mass is 9.90. The fraction of sp³-hybridized carbons (Fsp3) is 0.800. The number of epoxide rings is 1. The van der Waals surface area contributed by atoms with Crippen LogP contribution < -0.4 is 0 Å². The van der Waals surface area contributed by atoms with E-state index in [1.165, 1.54) is 0 Å². The van der Waals surface area contributed by atoms with Crippen molar-refractivity contribution in [1.82, 2.24) is 0 Å². The van der Waals surface area contributed by atoms with Crippen molar-refractivity contribution >= 4 is 12.4 Å². The van der Waals surface area contributed by atoms with Gasteiger partial charge in [-0.25, -0.2) is 4.79 Å². The second kappa shape index (κ2) is 4.61. The molecule has 2 rings (SSSR count). The van der Waals surface area contributed by atoms with Crippen LogP contribution in [-0.4, -0.2) is 37.9 Å². The Morgan fingerprint density at radius 2 is 2.27 bits per heavy atom. The average molecular weight is 214 g/mol. The van der Waals surface area contributed by atoms with Crippen molar-refractivity contribution in [1.29, 1.82) is 0 Å². The highest BCUT2D eigenvalue weighted by molar-refractivity contribution is 5.71. The van der Waals surface area contributed by atoms with Gasteiger partial charge in [0.25, 0.3) is 6.47 Å². The summed E-state index contributed by atoms with van der Waals surface area (Å²) >= 11 is 0. The number of hydrogen-bond donors (Lipinski definition) is 0. The zero-order chi connectivity index (χ0) is 10.7. The predicted octanol–water partition coefficient (Wildman–Crippen LogP) is 0.270. The molecule has 1 aliphatic carbocycles. The summed E-state index contributed by atoms with van der Waals surface area (Å²) in [5.41, 5.74) is 0. The molecule has 2 aliphatic rings. The van der Waals surface area contributed by atoms with Crippen molar-refractivity contribution in [3.05, 3.63) is 0 Å². The molecule has 84 valence electrons. The summed E-state index contributed by atoms with van der Waals surface area (Å²) in [6.45, 7) is 0.358. The molecule has 15 heavy (non-hydrogen) atoms. The SMILES string of the molecule is O=COCC(=O)OCC1CCC2OC2C1. The second-order valence-electron chi connectivity index (χ2n) is 3.98. The van der Waals surface area contributed by atoms with Crippen molar-refractivity contribution in [2.24, 2.45) is 5.92 Å². The van der Waals surface area contributed by atoms with Crippen LogP contribution in [0, 0.1) is 5.92 Å². The van der Waals surface area contributed by atoms with E-state index in [-0.39, 0.29) is 13.1 Å². The van der Waals surface area contributed by atoms with Crippen LogP contribution in [0.5, 0.6) is 0 Å². The van der Waals surface area contributed by atoms with E-state index in [2.05, 4.69) is 4.74 Å². The normalized spacial score (nSPS) is 32.7. The van der Waals surface area contributed by atoms with E-state index in [9.17, 15) is 9.59 Å². The minimum absolute atomic E-state index is 0.241. The predicted molar refractivity (Wildman–Crippen MR) is 49.0 cm³/mol. The Hall–Kier alpha value is -1.10. The van der Waals surface area contributed by atoms with Gasteiger partial charge < -0.3 is 14.2 Å². The van der Waals surface area contributed by atoms with E-state index < -0.39 is 5.97 Å². The van der Waals surface area contributed by atoms with Gasteiger partial charge in [0.15, 0.2) is 6.61 Å². The Balaban J connectivity index is 1.60. The number of rotatable bonds is 5. The molecule has 2 fully saturated rings. The molecule has 0 N–H and O–H groups in total. The molecule has 3 atom stereocenters. The van der Waals surface area contributed by atoms with Gasteiger partial charge in [-0.1, -0.05) is 0 Å². The van der Waals surface area contributed by atoms with E-state index in [4.69, 9.17) is 9.47 Å². The highest BCUT2D eigenvalue weighted by atomic mass is 16.6. The molecular formula is C10H14O5. The van der Waals surface area contributed by atoms with Crippen molar-refractivity contribution in [3.63, 3.8) is 0 Å². The van der Waals surface area contributed by atoms with Crippen molar-refractivity contribution in [2.45, 2.75) is 31.5 Å². The van der Waals surface area contributed by atoms with E-state index in [1.54, 1.807) is 0 Å². The van der Waals surface area contributed by atoms with Gasteiger partial charge in [0.2, 0.25) is 0 Å². The monoisotopic (exact) mass is 214 g/mol. The molecule has 1 heterocycles. The number of hydrogen-bond acceptors (Lipinski definition) is 5. The van der Waals surface area contributed by atoms with Gasteiger partial charge in [-0.15, -0.1) is 0 Å². The minimum Gasteiger partial charge on any atom is -0.463 e. The first-order valence-electron chi connectivity index (χ1n) is 5.16. The third-order valence-corrected chi connectivity index (χ3v) is 2.86. The molecular weight excluding hydrogens is 200 g/mol. The molecule has 1 aliphatic heterocycles. The Morgan fingerprint density at radius 1 is 1.40 bits per heavy atom. The molecule has 0 radical (unpaired) electrons. The van der Waals surface area contributed by atoms with Crippen LogP contribution in [0.4, 0.5) is 0 Å². The van der Waals surface area contributed by atoms with E-state index in [1.807, 2.05) is 0 Å². The van der Waals surface area contributed by atoms with Crippen LogP contribution >= 0.6 is 0 Å². The first-order chi connectivity index (χ1) is 7.29. The fourth-order valence-electron chi connectivity index (χ4n) is 1.99. The zero-order valence-electron chi connectivity index (χ0n) is 8.39. The van der Waals surface area contributed by atoms with Crippen LogP contribution in [0.2, 0.25) is 0 Å². The van der Waals surface area contributed by atoms with Crippen LogP contribution in [0.25, 0.3) is 0 Å². The maximum absolute atomic E-state index is 11.0. The smallest absolute Gasteiger partial charge is 0.344 e. The molecule has 0 bridgehead atoms. The molecule has 3 unspecified atom stereocenters. The Bertz CT molecular complexity index is 252. The van der Waals surface area contributed by atoms with Gasteiger partial charge in [-0.3, -0.25) is 4.79 Å². The summed E-state index contributed by atoms with van der Waals surface area (Å²) in [7, 11) is 0. The Labute approximate surface area is 87.7 Å². The largest absolute Gasteiger partial charge is 0.463 e. The van der Waals surface area contributed by atoms with Crippen LogP contribution in [0.3, 0.4) is 0 Å². The molecule has 0 aromatic rings. The molecule has 1 saturated carbocycles. The number of esters is 1. The van der Waals surface area contributed by atoms with Gasteiger partial charge >= 0.3 is 5.97 Å². The lowest BCUT2D eigenvalue weighted by molar-refractivity contribution is -0.154. The second-order valence-corrected chi connectivity index (χ2v) is 3.98. The van der Waals surface area contributed by atoms with Gasteiger partial charge in [0.05, 0.1) is 18.8 Å². The third-order valence-electron chi connectivity index (χ3n) is 2.86. The van der Waals surface area contributed by atoms with Gasteiger partial charge in [0, 0.05) is 0 Å². The average Bonchev–Trinajstić information content (AvgIpc) is 3.01. The number of fused-ring (bicyclic) bond motifs is 1. The van der Waals surface area contributed by atoms with Gasteiger partial charge in [-0.2, -0.15) is 0 Å². The van der Waals surface area contributed by atoms with Gasteiger partial charge in [0.1, 0.15) is 0 Å². The third kappa shape index (κ3) is 2.92.